The molecule has 2 heteroatoms. The summed E-state index contributed by atoms with van der Waals surface area (Å²) < 4.78 is 9.07. The number of ether oxygens (including phenoxy) is 1. The number of fused-ring (bicyclic) bond motifs is 12. The molecule has 40 heavy (non-hydrogen) atoms. The SMILES string of the molecule is C1=Cc2c(n(-c3cccc4c3C3(c5ccccc5Oc5ccccc53)c3ccccc3-4)c3ccccc23)C=CC1. The Balaban J connectivity index is 1.50. The molecule has 3 aliphatic rings. The van der Waals surface area contributed by atoms with Gasteiger partial charge in [0.05, 0.1) is 22.3 Å². The van der Waals surface area contributed by atoms with Gasteiger partial charge in [-0.2, -0.15) is 0 Å². The zero-order valence-corrected chi connectivity index (χ0v) is 21.8. The van der Waals surface area contributed by atoms with E-state index in [9.17, 15) is 0 Å². The molecule has 0 bridgehead atoms. The van der Waals surface area contributed by atoms with Gasteiger partial charge < -0.3 is 9.30 Å². The highest BCUT2D eigenvalue weighted by Gasteiger charge is 2.52. The monoisotopic (exact) mass is 511 g/mol. The number of rotatable bonds is 1. The van der Waals surface area contributed by atoms with E-state index in [0.717, 1.165) is 17.9 Å². The lowest BCUT2D eigenvalue weighted by Crippen LogP contribution is -2.33. The Morgan fingerprint density at radius 3 is 2.05 bits per heavy atom. The van der Waals surface area contributed by atoms with Gasteiger partial charge in [-0.1, -0.05) is 109 Å². The van der Waals surface area contributed by atoms with Crippen molar-refractivity contribution in [3.05, 3.63) is 161 Å². The molecule has 6 aromatic rings. The fourth-order valence-corrected chi connectivity index (χ4v) is 7.41. The van der Waals surface area contributed by atoms with Gasteiger partial charge in [0.25, 0.3) is 0 Å². The number of hydrogen-bond donors (Lipinski definition) is 0. The maximum Gasteiger partial charge on any atom is 0.132 e. The zero-order valence-electron chi connectivity index (χ0n) is 21.8. The lowest BCUT2D eigenvalue weighted by atomic mass is 9.65. The van der Waals surface area contributed by atoms with E-state index in [1.165, 1.54) is 61.2 Å². The van der Waals surface area contributed by atoms with Crippen molar-refractivity contribution in [2.24, 2.45) is 0 Å². The number of hydrogen-bond acceptors (Lipinski definition) is 1. The summed E-state index contributed by atoms with van der Waals surface area (Å²) in [4.78, 5) is 0. The molecule has 1 spiro atoms. The number of allylic oxidation sites excluding steroid dienone is 2. The third-order valence-corrected chi connectivity index (χ3v) is 8.87. The maximum atomic E-state index is 6.57. The highest BCUT2D eigenvalue weighted by Crippen LogP contribution is 2.63. The molecule has 188 valence electrons. The molecule has 0 N–H and O–H groups in total. The molecule has 0 radical (unpaired) electrons. The molecule has 2 aliphatic carbocycles. The average molecular weight is 512 g/mol. The molecule has 2 nitrogen and oxygen atoms in total. The third-order valence-electron chi connectivity index (χ3n) is 8.87. The Bertz CT molecular complexity index is 2030. The van der Waals surface area contributed by atoms with Crippen molar-refractivity contribution in [1.29, 1.82) is 0 Å². The fourth-order valence-electron chi connectivity index (χ4n) is 7.41. The van der Waals surface area contributed by atoms with E-state index in [4.69, 9.17) is 4.74 Å². The lowest BCUT2D eigenvalue weighted by molar-refractivity contribution is 0.436. The summed E-state index contributed by atoms with van der Waals surface area (Å²) in [6.45, 7) is 0. The van der Waals surface area contributed by atoms with Gasteiger partial charge in [0.1, 0.15) is 11.5 Å². The number of aromatic nitrogens is 1. The van der Waals surface area contributed by atoms with Crippen molar-refractivity contribution in [3.8, 4) is 28.3 Å². The second kappa shape index (κ2) is 7.97. The standard InChI is InChI=1S/C38H25NO/c1-2-14-26-27-15-5-9-21-33(27)39(32(26)20-3-1)34-22-12-16-28-25-13-4-6-17-29(25)38(37(28)34)30-18-7-10-23-35(30)40-36-24-11-8-19-31(36)38/h2-24H,1H2. The van der Waals surface area contributed by atoms with Gasteiger partial charge >= 0.3 is 0 Å². The Morgan fingerprint density at radius 2 is 1.23 bits per heavy atom. The highest BCUT2D eigenvalue weighted by atomic mass is 16.5. The minimum Gasteiger partial charge on any atom is -0.457 e. The van der Waals surface area contributed by atoms with Gasteiger partial charge in [-0.15, -0.1) is 0 Å². The minimum absolute atomic E-state index is 0.517. The van der Waals surface area contributed by atoms with Gasteiger partial charge in [0.2, 0.25) is 0 Å². The van der Waals surface area contributed by atoms with Crippen LogP contribution in [0.15, 0.2) is 127 Å². The van der Waals surface area contributed by atoms with Gasteiger partial charge in [-0.3, -0.25) is 0 Å². The topological polar surface area (TPSA) is 14.2 Å². The first kappa shape index (κ1) is 21.8. The summed E-state index contributed by atoms with van der Waals surface area (Å²) in [6.07, 6.45) is 10.1. The second-order valence-electron chi connectivity index (χ2n) is 10.8. The lowest BCUT2D eigenvalue weighted by Gasteiger charge is -2.40. The molecular weight excluding hydrogens is 486 g/mol. The normalized spacial score (nSPS) is 15.1. The van der Waals surface area contributed by atoms with E-state index in [2.05, 4.69) is 144 Å². The van der Waals surface area contributed by atoms with Crippen LogP contribution in [0.1, 0.15) is 39.9 Å². The van der Waals surface area contributed by atoms with Crippen LogP contribution in [0.4, 0.5) is 0 Å². The Hall–Kier alpha value is -5.08. The van der Waals surface area contributed by atoms with Crippen molar-refractivity contribution >= 4 is 23.1 Å². The van der Waals surface area contributed by atoms with Gasteiger partial charge in [-0.05, 0) is 53.5 Å². The van der Waals surface area contributed by atoms with Gasteiger partial charge in [0.15, 0.2) is 0 Å². The molecule has 5 aromatic carbocycles. The van der Waals surface area contributed by atoms with Crippen LogP contribution in [0.25, 0.3) is 39.9 Å². The first-order valence-corrected chi connectivity index (χ1v) is 13.9. The van der Waals surface area contributed by atoms with E-state index >= 15 is 0 Å². The molecule has 9 rings (SSSR count). The molecule has 0 fully saturated rings. The quantitative estimate of drug-likeness (QED) is 0.214. The number of nitrogens with zero attached hydrogens (tertiary/aromatic N) is 1. The van der Waals surface area contributed by atoms with Gasteiger partial charge in [-0.25, -0.2) is 0 Å². The number of para-hydroxylation sites is 3. The summed E-state index contributed by atoms with van der Waals surface area (Å²) in [5.74, 6) is 1.83. The van der Waals surface area contributed by atoms with E-state index < -0.39 is 5.41 Å². The third kappa shape index (κ3) is 2.63. The molecule has 1 aliphatic heterocycles. The zero-order chi connectivity index (χ0) is 26.3. The molecule has 1 aromatic heterocycles. The predicted molar refractivity (Wildman–Crippen MR) is 163 cm³/mol. The molecule has 0 saturated carbocycles. The molecule has 0 atom stereocenters. The molecule has 0 amide bonds. The minimum atomic E-state index is -0.517. The highest BCUT2D eigenvalue weighted by molar-refractivity contribution is 5.98. The summed E-state index contributed by atoms with van der Waals surface area (Å²) in [7, 11) is 0. The summed E-state index contributed by atoms with van der Waals surface area (Å²) in [5.41, 5.74) is 12.0. The van der Waals surface area contributed by atoms with E-state index in [-0.39, 0.29) is 0 Å². The Labute approximate surface area is 233 Å². The fraction of sp³-hybridized carbons (Fsp3) is 0.0526. The average Bonchev–Trinajstić information content (AvgIpc) is 3.35. The maximum absolute atomic E-state index is 6.57. The first-order chi connectivity index (χ1) is 19.9. The largest absolute Gasteiger partial charge is 0.457 e. The molecular formula is C38H25NO. The van der Waals surface area contributed by atoms with E-state index in [0.29, 0.717) is 0 Å². The van der Waals surface area contributed by atoms with Crippen LogP contribution >= 0.6 is 0 Å². The van der Waals surface area contributed by atoms with Crippen molar-refractivity contribution in [2.45, 2.75) is 11.8 Å². The van der Waals surface area contributed by atoms with Crippen LogP contribution in [0.5, 0.6) is 11.5 Å². The van der Waals surface area contributed by atoms with Crippen LogP contribution in [0, 0.1) is 0 Å². The van der Waals surface area contributed by atoms with E-state index in [1.807, 2.05) is 0 Å². The molecule has 0 saturated heterocycles. The number of benzene rings is 5. The van der Waals surface area contributed by atoms with Crippen LogP contribution in [-0.4, -0.2) is 4.57 Å². The predicted octanol–water partition coefficient (Wildman–Crippen LogP) is 9.53. The van der Waals surface area contributed by atoms with Gasteiger partial charge in [0, 0.05) is 27.6 Å². The Kier molecular flexibility index (Phi) is 4.34. The van der Waals surface area contributed by atoms with Crippen molar-refractivity contribution in [3.63, 3.8) is 0 Å². The summed E-state index contributed by atoms with van der Waals surface area (Å²) in [5, 5.41) is 1.27. The van der Waals surface area contributed by atoms with Crippen LogP contribution in [-0.2, 0) is 5.41 Å². The summed E-state index contributed by atoms with van der Waals surface area (Å²) >= 11 is 0. The molecule has 2 heterocycles. The summed E-state index contributed by atoms with van der Waals surface area (Å²) in [6, 6.07) is 41.7. The van der Waals surface area contributed by atoms with Crippen molar-refractivity contribution < 1.29 is 4.74 Å². The Morgan fingerprint density at radius 1 is 0.575 bits per heavy atom. The van der Waals surface area contributed by atoms with Crippen LogP contribution < -0.4 is 4.74 Å². The van der Waals surface area contributed by atoms with Crippen molar-refractivity contribution in [1.82, 2.24) is 4.57 Å². The smallest absolute Gasteiger partial charge is 0.132 e. The second-order valence-corrected chi connectivity index (χ2v) is 10.8. The first-order valence-electron chi connectivity index (χ1n) is 13.9. The van der Waals surface area contributed by atoms with Crippen molar-refractivity contribution in [2.75, 3.05) is 0 Å². The van der Waals surface area contributed by atoms with E-state index in [1.54, 1.807) is 0 Å². The van der Waals surface area contributed by atoms with Crippen LogP contribution in [0.2, 0.25) is 0 Å². The van der Waals surface area contributed by atoms with Crippen LogP contribution in [0.3, 0.4) is 0 Å². The molecule has 0 unspecified atom stereocenters.